The first kappa shape index (κ1) is 104. The van der Waals surface area contributed by atoms with Gasteiger partial charge in [0.25, 0.3) is 11.4 Å². The lowest BCUT2D eigenvalue weighted by molar-refractivity contribution is -0.385. The SMILES string of the molecule is CCOP(=O)(Cc1cc(OC)c(CP(=O)(OCC)OCC)cc1OC)OCC.CCOP(OCC)OCC.COc1cc(/C=C/c2ccc(N)cc2)c(OC)cc1/C=C/c1ccc(N)cc1.COc1cc(/C=C/c2ccc([N+](=O)[O-])cc2)c(OC)cc1/C=C/c1ccc([N+](=O)[O-])cc1.COc1cc(CBr)c(OC)cc1CBr.COc1ccc(OC)cc1. The minimum atomic E-state index is -3.33. The van der Waals surface area contributed by atoms with Crippen LogP contribution in [0.4, 0.5) is 22.7 Å². The zero-order valence-corrected chi connectivity index (χ0v) is 78.0. The minimum Gasteiger partial charge on any atom is -0.497 e. The van der Waals surface area contributed by atoms with E-state index < -0.39 is 33.6 Å². The minimum absolute atomic E-state index is 0.0308. The first-order chi connectivity index (χ1) is 58.8. The Morgan fingerprint density at radius 3 is 0.754 bits per heavy atom. The zero-order chi connectivity index (χ0) is 90.0. The summed E-state index contributed by atoms with van der Waals surface area (Å²) in [4.78, 5) is 20.7. The predicted octanol–water partition coefficient (Wildman–Crippen LogP) is 23.8. The fourth-order valence-corrected chi connectivity index (χ4v) is 16.0. The molecule has 0 bridgehead atoms. The number of rotatable bonds is 40. The van der Waals surface area contributed by atoms with Crippen LogP contribution in [0.1, 0.15) is 115 Å². The third-order valence-electron chi connectivity index (χ3n) is 16.8. The highest BCUT2D eigenvalue weighted by Gasteiger charge is 2.31. The molecule has 660 valence electrons. The van der Waals surface area contributed by atoms with Gasteiger partial charge in [0.15, 0.2) is 0 Å². The molecule has 0 radical (unpaired) electrons. The van der Waals surface area contributed by atoms with E-state index in [1.807, 2.05) is 179 Å². The van der Waals surface area contributed by atoms with Gasteiger partial charge in [-0.2, -0.15) is 0 Å². The standard InChI is InChI=1S/C24H20N2O6.C24H24N2O2.C18H32O8P2.C10H12Br2O2.C8H10O2.C6H15O3P/c1-31-23-15-20(10-4-18-7-13-22(14-8-18)26(29)30)24(32-2)16-19(23)9-3-17-5-11-21(12-6-17)25(27)28;1-27-23-15-20(10-4-18-7-13-22(26)14-8-18)24(28-2)16-19(23)9-3-17-5-11-21(25)12-6-17;1-7-23-27(19,24-8-2)13-15-11-18(22-6)16(12-17(15)21-5)14-28(20,25-9-3)26-10-4;1-13-9-3-8(6-12)10(14-2)4-7(9)5-11;1-9-7-3-5-8(10-2)6-4-7;1-4-7-10(8-5-2)9-6-3/h3-16H,1-2H3;3-16H,25-26H2,1-2H3;11-12H,7-10,13-14H2,1-6H3;3-4H,5-6H2,1-2H3;3-6H,1-2H3;4-6H2,1-3H3/b2*9-3+,10-4+;;;;. The second kappa shape index (κ2) is 57.3. The number of benzene rings is 9. The lowest BCUT2D eigenvalue weighted by Gasteiger charge is -2.22. The average Bonchev–Trinajstić information content (AvgIpc) is 0.764. The van der Waals surface area contributed by atoms with Gasteiger partial charge in [0.2, 0.25) is 0 Å². The third kappa shape index (κ3) is 35.8. The van der Waals surface area contributed by atoms with E-state index in [1.54, 1.807) is 121 Å². The lowest BCUT2D eigenvalue weighted by Crippen LogP contribution is -2.04. The number of nitrogens with two attached hydrogens (primary N) is 2. The second-order valence-corrected chi connectivity index (χ2v) is 31.3. The van der Waals surface area contributed by atoms with E-state index >= 15 is 0 Å². The van der Waals surface area contributed by atoms with Crippen molar-refractivity contribution < 1.29 is 98.0 Å². The Labute approximate surface area is 735 Å². The number of anilines is 2. The molecule has 0 spiro atoms. The molecule has 0 aliphatic heterocycles. The van der Waals surface area contributed by atoms with Gasteiger partial charge in [-0.05, 0) is 192 Å². The molecule has 0 unspecified atom stereocenters. The summed E-state index contributed by atoms with van der Waals surface area (Å²) in [5, 5.41) is 23.1. The number of methoxy groups -OCH3 is 10. The normalized spacial score (nSPS) is 11.0. The van der Waals surface area contributed by atoms with Gasteiger partial charge in [-0.25, -0.2) is 0 Å². The monoisotopic (exact) mass is 1870 g/mol. The van der Waals surface area contributed by atoms with Crippen LogP contribution in [-0.2, 0) is 63.8 Å². The summed E-state index contributed by atoms with van der Waals surface area (Å²) in [6, 6.07) is 50.3. The molecule has 9 aromatic carbocycles. The molecule has 9 aromatic rings. The van der Waals surface area contributed by atoms with E-state index in [9.17, 15) is 29.4 Å². The molecule has 122 heavy (non-hydrogen) atoms. The van der Waals surface area contributed by atoms with E-state index in [0.29, 0.717) is 53.9 Å². The molecule has 0 saturated heterocycles. The maximum atomic E-state index is 12.9. The Bertz CT molecular complexity index is 4500. The van der Waals surface area contributed by atoms with Crippen molar-refractivity contribution in [1.29, 1.82) is 0 Å². The first-order valence-corrected chi connectivity index (χ1v) is 45.2. The molecule has 32 heteroatoms. The predicted molar refractivity (Wildman–Crippen MR) is 498 cm³/mol. The third-order valence-corrected chi connectivity index (χ3v) is 23.4. The molecule has 0 fully saturated rings. The van der Waals surface area contributed by atoms with E-state index in [1.165, 1.54) is 38.5 Å². The molecule has 27 nitrogen and oxygen atoms in total. The van der Waals surface area contributed by atoms with Gasteiger partial charge in [0.05, 0.1) is 140 Å². The van der Waals surface area contributed by atoms with Gasteiger partial charge in [-0.15, -0.1) is 0 Å². The molecule has 9 rings (SSSR count). The summed E-state index contributed by atoms with van der Waals surface area (Å²) < 4.78 is 116. The van der Waals surface area contributed by atoms with Gasteiger partial charge in [-0.3, -0.25) is 29.4 Å². The molecule has 0 aliphatic carbocycles. The summed E-state index contributed by atoms with van der Waals surface area (Å²) in [7, 11) is 8.37. The van der Waals surface area contributed by atoms with Gasteiger partial charge in [-0.1, -0.05) is 105 Å². The smallest absolute Gasteiger partial charge is 0.335 e. The Balaban J connectivity index is 0.000000324. The van der Waals surface area contributed by atoms with Crippen LogP contribution < -0.4 is 58.8 Å². The number of non-ortho nitro benzene ring substituents is 2. The van der Waals surface area contributed by atoms with Crippen molar-refractivity contribution in [3.63, 3.8) is 0 Å². The first-order valence-electron chi connectivity index (χ1n) is 38.4. The van der Waals surface area contributed by atoms with Crippen LogP contribution in [0.3, 0.4) is 0 Å². The molecular formula is C90H113Br2N4O23P3. The van der Waals surface area contributed by atoms with Crippen molar-refractivity contribution in [2.45, 2.75) is 71.5 Å². The van der Waals surface area contributed by atoms with Gasteiger partial charge >= 0.3 is 23.8 Å². The van der Waals surface area contributed by atoms with Crippen LogP contribution in [0.25, 0.3) is 48.6 Å². The van der Waals surface area contributed by atoms with Crippen LogP contribution in [-0.4, -0.2) is 127 Å². The fraction of sp³-hybridized carbons (Fsp3) is 0.311. The van der Waals surface area contributed by atoms with Crippen molar-refractivity contribution in [1.82, 2.24) is 0 Å². The molecule has 0 heterocycles. The molecule has 0 saturated carbocycles. The largest absolute Gasteiger partial charge is 0.497 e. The number of ether oxygens (including phenoxy) is 10. The average molecular weight is 1870 g/mol. The zero-order valence-electron chi connectivity index (χ0n) is 72.1. The Hall–Kier alpha value is -10.1. The lowest BCUT2D eigenvalue weighted by atomic mass is 10.1. The van der Waals surface area contributed by atoms with Crippen LogP contribution in [0, 0.1) is 20.2 Å². The Morgan fingerprint density at radius 1 is 0.320 bits per heavy atom. The van der Waals surface area contributed by atoms with E-state index in [0.717, 1.165) is 112 Å². The van der Waals surface area contributed by atoms with E-state index in [-0.39, 0.29) is 50.1 Å². The van der Waals surface area contributed by atoms with Crippen LogP contribution in [0.5, 0.6) is 57.5 Å². The van der Waals surface area contributed by atoms with Gasteiger partial charge in [0, 0.05) is 90.8 Å². The number of alkyl halides is 2. The number of nitrogens with zero attached hydrogens (tertiary/aromatic N) is 2. The number of halogens is 2. The number of hydrogen-bond donors (Lipinski definition) is 2. The second-order valence-electron chi connectivity index (χ2n) is 24.8. The van der Waals surface area contributed by atoms with Crippen molar-refractivity contribution in [2.24, 2.45) is 0 Å². The number of nitro benzene ring substituents is 2. The summed E-state index contributed by atoms with van der Waals surface area (Å²) in [6.07, 6.45) is 15.4. The quantitative estimate of drug-likeness (QED) is 0.00899. The molecule has 4 N–H and O–H groups in total. The van der Waals surface area contributed by atoms with Crippen molar-refractivity contribution in [2.75, 3.05) is 129 Å². The summed E-state index contributed by atoms with van der Waals surface area (Å²) in [6.45, 7) is 15.8. The van der Waals surface area contributed by atoms with Gasteiger partial charge in [0.1, 0.15) is 57.5 Å². The highest BCUT2D eigenvalue weighted by molar-refractivity contribution is 9.08. The fourth-order valence-electron chi connectivity index (χ4n) is 10.9. The number of hydrogen-bond acceptors (Lipinski definition) is 25. The van der Waals surface area contributed by atoms with E-state index in [4.69, 9.17) is 90.5 Å². The molecule has 0 atom stereocenters. The number of nitrogen functional groups attached to an aromatic ring is 2. The van der Waals surface area contributed by atoms with E-state index in [2.05, 4.69) is 31.9 Å². The van der Waals surface area contributed by atoms with Crippen LogP contribution >= 0.6 is 55.7 Å². The maximum absolute atomic E-state index is 12.9. The molecule has 0 aliphatic rings. The Morgan fingerprint density at radius 2 is 0.549 bits per heavy atom. The highest BCUT2D eigenvalue weighted by Crippen LogP contribution is 2.56. The number of nitro groups is 2. The summed E-state index contributed by atoms with van der Waals surface area (Å²) in [5.74, 6) is 7.18. The molecule has 0 aromatic heterocycles. The van der Waals surface area contributed by atoms with Crippen molar-refractivity contribution in [3.05, 3.63) is 257 Å². The maximum Gasteiger partial charge on any atom is 0.335 e. The summed E-state index contributed by atoms with van der Waals surface area (Å²) >= 11 is 6.82. The van der Waals surface area contributed by atoms with Crippen molar-refractivity contribution in [3.8, 4) is 57.5 Å². The summed E-state index contributed by atoms with van der Waals surface area (Å²) in [5.41, 5.74) is 23.6. The van der Waals surface area contributed by atoms with Crippen molar-refractivity contribution >= 4 is 127 Å². The van der Waals surface area contributed by atoms with Gasteiger partial charge < -0.3 is 90.5 Å². The van der Waals surface area contributed by atoms with Crippen LogP contribution in [0.2, 0.25) is 0 Å². The Kier molecular flexibility index (Phi) is 49.0. The molecule has 0 amide bonds. The molecular weight excluding hydrogens is 1760 g/mol. The van der Waals surface area contributed by atoms with Crippen LogP contribution in [0.15, 0.2) is 170 Å². The topological polar surface area (TPSA) is 329 Å². The highest BCUT2D eigenvalue weighted by atomic mass is 79.9.